The molecule has 1 aliphatic heterocycles. The highest BCUT2D eigenvalue weighted by molar-refractivity contribution is 5.95. The van der Waals surface area contributed by atoms with E-state index in [1.54, 1.807) is 19.5 Å². The van der Waals surface area contributed by atoms with E-state index < -0.39 is 0 Å². The molecule has 5 aromatic rings. The number of nitrogens with one attached hydrogen (secondary N) is 2. The first-order valence-electron chi connectivity index (χ1n) is 10.9. The molecule has 0 bridgehead atoms. The van der Waals surface area contributed by atoms with Gasteiger partial charge in [0.2, 0.25) is 0 Å². The fraction of sp³-hybridized carbons (Fsp3) is 0.250. The Morgan fingerprint density at radius 1 is 0.938 bits per heavy atom. The molecule has 0 aliphatic carbocycles. The fourth-order valence-corrected chi connectivity index (χ4v) is 4.41. The van der Waals surface area contributed by atoms with E-state index in [2.05, 4.69) is 43.3 Å². The van der Waals surface area contributed by atoms with Crippen LogP contribution in [0.3, 0.4) is 0 Å². The summed E-state index contributed by atoms with van der Waals surface area (Å²) in [7, 11) is 1.63. The van der Waals surface area contributed by atoms with Gasteiger partial charge >= 0.3 is 0 Å². The lowest BCUT2D eigenvalue weighted by molar-refractivity contribution is 0.413. The summed E-state index contributed by atoms with van der Waals surface area (Å²) in [6.07, 6.45) is 7.21. The Bertz CT molecular complexity index is 1410. The molecule has 0 atom stereocenters. The quantitative estimate of drug-likeness (QED) is 0.438. The Hall–Kier alpha value is -3.94. The lowest BCUT2D eigenvalue weighted by Crippen LogP contribution is -2.29. The number of hydrogen-bond acceptors (Lipinski definition) is 6. The molecule has 0 radical (unpaired) electrons. The number of imidazole rings is 1. The van der Waals surface area contributed by atoms with E-state index in [9.17, 15) is 0 Å². The summed E-state index contributed by atoms with van der Waals surface area (Å²) in [5.74, 6) is 1.41. The van der Waals surface area contributed by atoms with Crippen molar-refractivity contribution in [1.82, 2.24) is 30.1 Å². The van der Waals surface area contributed by atoms with Gasteiger partial charge in [-0.15, -0.1) is 0 Å². The van der Waals surface area contributed by atoms with Gasteiger partial charge in [-0.3, -0.25) is 10.1 Å². The van der Waals surface area contributed by atoms with Crippen molar-refractivity contribution in [2.75, 3.05) is 25.1 Å². The third-order valence-corrected chi connectivity index (χ3v) is 6.06. The second-order valence-corrected chi connectivity index (χ2v) is 8.08. The monoisotopic (exact) mass is 425 g/mol. The molecule has 1 aromatic carbocycles. The number of anilines is 1. The maximum atomic E-state index is 5.31. The van der Waals surface area contributed by atoms with E-state index in [1.807, 2.05) is 18.2 Å². The van der Waals surface area contributed by atoms with Gasteiger partial charge in [-0.2, -0.15) is 5.10 Å². The predicted molar refractivity (Wildman–Crippen MR) is 125 cm³/mol. The number of aromatic nitrogens is 6. The first kappa shape index (κ1) is 18.8. The minimum Gasteiger partial charge on any atom is -0.495 e. The maximum Gasteiger partial charge on any atom is 0.161 e. The number of piperidine rings is 1. The molecule has 160 valence electrons. The molecule has 1 aliphatic rings. The van der Waals surface area contributed by atoms with Gasteiger partial charge in [-0.25, -0.2) is 9.97 Å². The smallest absolute Gasteiger partial charge is 0.161 e. The summed E-state index contributed by atoms with van der Waals surface area (Å²) < 4.78 is 5.31. The average molecular weight is 425 g/mol. The maximum absolute atomic E-state index is 5.31. The van der Waals surface area contributed by atoms with Gasteiger partial charge in [0.15, 0.2) is 11.5 Å². The second-order valence-electron chi connectivity index (χ2n) is 8.08. The summed E-state index contributed by atoms with van der Waals surface area (Å²) in [4.78, 5) is 20.0. The van der Waals surface area contributed by atoms with Gasteiger partial charge in [0.1, 0.15) is 16.8 Å². The molecular weight excluding hydrogens is 402 g/mol. The molecule has 6 rings (SSSR count). The number of H-pyrrole nitrogens is 2. The van der Waals surface area contributed by atoms with Crippen LogP contribution in [0, 0.1) is 0 Å². The highest BCUT2D eigenvalue weighted by Gasteiger charge is 2.19. The minimum atomic E-state index is 0.694. The van der Waals surface area contributed by atoms with Crippen LogP contribution in [0.2, 0.25) is 0 Å². The SMILES string of the molecule is COc1cncc(-c2ccc3[nH]nc(-c4nc5c(N6CCCCC6)cccc5[nH]4)c3n2)c1. The van der Waals surface area contributed by atoms with E-state index >= 15 is 0 Å². The van der Waals surface area contributed by atoms with E-state index in [0.717, 1.165) is 46.4 Å². The molecule has 0 spiro atoms. The summed E-state index contributed by atoms with van der Waals surface area (Å²) in [6, 6.07) is 12.2. The van der Waals surface area contributed by atoms with Crippen molar-refractivity contribution in [3.05, 3.63) is 48.8 Å². The van der Waals surface area contributed by atoms with Crippen LogP contribution in [-0.4, -0.2) is 50.3 Å². The largest absolute Gasteiger partial charge is 0.495 e. The first-order valence-corrected chi connectivity index (χ1v) is 10.9. The van der Waals surface area contributed by atoms with Crippen molar-refractivity contribution >= 4 is 27.8 Å². The lowest BCUT2D eigenvalue weighted by Gasteiger charge is -2.28. The van der Waals surface area contributed by atoms with Crippen LogP contribution in [0.4, 0.5) is 5.69 Å². The Morgan fingerprint density at radius 3 is 2.72 bits per heavy atom. The topological polar surface area (TPSA) is 95.6 Å². The molecule has 2 N–H and O–H groups in total. The normalized spacial score (nSPS) is 14.3. The van der Waals surface area contributed by atoms with Crippen LogP contribution >= 0.6 is 0 Å². The molecular formula is C24H23N7O. The number of ether oxygens (including phenoxy) is 1. The van der Waals surface area contributed by atoms with Crippen molar-refractivity contribution in [2.45, 2.75) is 19.3 Å². The zero-order valence-electron chi connectivity index (χ0n) is 17.8. The number of hydrogen-bond donors (Lipinski definition) is 2. The van der Waals surface area contributed by atoms with Crippen molar-refractivity contribution in [1.29, 1.82) is 0 Å². The number of methoxy groups -OCH3 is 1. The van der Waals surface area contributed by atoms with Crippen molar-refractivity contribution < 1.29 is 4.74 Å². The van der Waals surface area contributed by atoms with Gasteiger partial charge < -0.3 is 14.6 Å². The standard InChI is InChI=1S/C24H23N7O/c1-32-16-12-15(13-25-14-16)17-8-9-19-22(26-17)23(30-29-19)24-27-18-6-5-7-20(21(18)28-24)31-10-3-2-4-11-31/h5-9,12-14H,2-4,10-11H2,1H3,(H,27,28)(H,29,30). The van der Waals surface area contributed by atoms with Crippen LogP contribution in [0.25, 0.3) is 44.8 Å². The zero-order valence-corrected chi connectivity index (χ0v) is 17.8. The van der Waals surface area contributed by atoms with Gasteiger partial charge in [-0.1, -0.05) is 6.07 Å². The lowest BCUT2D eigenvalue weighted by atomic mass is 10.1. The van der Waals surface area contributed by atoms with Gasteiger partial charge in [0.25, 0.3) is 0 Å². The third kappa shape index (κ3) is 3.15. The highest BCUT2D eigenvalue weighted by Crippen LogP contribution is 2.32. The molecule has 0 saturated carbocycles. The molecule has 1 saturated heterocycles. The second kappa shape index (κ2) is 7.64. The third-order valence-electron chi connectivity index (χ3n) is 6.06. The summed E-state index contributed by atoms with van der Waals surface area (Å²) >= 11 is 0. The summed E-state index contributed by atoms with van der Waals surface area (Å²) in [6.45, 7) is 2.15. The molecule has 5 heterocycles. The van der Waals surface area contributed by atoms with E-state index in [4.69, 9.17) is 14.7 Å². The predicted octanol–water partition coefficient (Wildman–Crippen LogP) is 4.56. The Labute approximate surface area is 184 Å². The van der Waals surface area contributed by atoms with Crippen molar-refractivity contribution in [3.8, 4) is 28.5 Å². The molecule has 0 unspecified atom stereocenters. The summed E-state index contributed by atoms with van der Waals surface area (Å²) in [5.41, 5.74) is 7.19. The molecule has 8 nitrogen and oxygen atoms in total. The first-order chi connectivity index (χ1) is 15.8. The van der Waals surface area contributed by atoms with Crippen LogP contribution in [0.1, 0.15) is 19.3 Å². The number of nitrogens with zero attached hydrogens (tertiary/aromatic N) is 5. The molecule has 1 fully saturated rings. The molecule has 8 heteroatoms. The summed E-state index contributed by atoms with van der Waals surface area (Å²) in [5, 5.41) is 7.62. The van der Waals surface area contributed by atoms with E-state index in [1.165, 1.54) is 24.9 Å². The van der Waals surface area contributed by atoms with Gasteiger partial charge in [-0.05, 0) is 49.6 Å². The van der Waals surface area contributed by atoms with Gasteiger partial charge in [0.05, 0.1) is 35.7 Å². The van der Waals surface area contributed by atoms with Crippen LogP contribution in [0.5, 0.6) is 5.75 Å². The van der Waals surface area contributed by atoms with Crippen LogP contribution < -0.4 is 9.64 Å². The number of fused-ring (bicyclic) bond motifs is 2. The number of rotatable bonds is 4. The van der Waals surface area contributed by atoms with E-state index in [0.29, 0.717) is 17.3 Å². The van der Waals surface area contributed by atoms with Crippen molar-refractivity contribution in [3.63, 3.8) is 0 Å². The van der Waals surface area contributed by atoms with Gasteiger partial charge in [0, 0.05) is 24.8 Å². The Kier molecular flexibility index (Phi) is 4.49. The fourth-order valence-electron chi connectivity index (χ4n) is 4.41. The zero-order chi connectivity index (χ0) is 21.5. The number of benzene rings is 1. The average Bonchev–Trinajstić information content (AvgIpc) is 3.48. The number of pyridine rings is 2. The molecule has 32 heavy (non-hydrogen) atoms. The molecule has 4 aromatic heterocycles. The van der Waals surface area contributed by atoms with Crippen molar-refractivity contribution in [2.24, 2.45) is 0 Å². The number of para-hydroxylation sites is 1. The highest BCUT2D eigenvalue weighted by atomic mass is 16.5. The number of aromatic amines is 2. The van der Waals surface area contributed by atoms with Crippen LogP contribution in [0.15, 0.2) is 48.8 Å². The van der Waals surface area contributed by atoms with E-state index in [-0.39, 0.29) is 0 Å². The minimum absolute atomic E-state index is 0.694. The Balaban J connectivity index is 1.45. The van der Waals surface area contributed by atoms with Crippen LogP contribution in [-0.2, 0) is 0 Å². The Morgan fingerprint density at radius 2 is 1.84 bits per heavy atom. The molecule has 0 amide bonds.